The van der Waals surface area contributed by atoms with Crippen molar-refractivity contribution in [3.63, 3.8) is 0 Å². The molecule has 122 valence electrons. The number of carbonyl (C=O) groups is 2. The molecule has 0 aliphatic heterocycles. The predicted molar refractivity (Wildman–Crippen MR) is 87.0 cm³/mol. The third-order valence-electron chi connectivity index (χ3n) is 2.88. The van der Waals surface area contributed by atoms with E-state index in [0.29, 0.717) is 23.2 Å². The van der Waals surface area contributed by atoms with E-state index in [4.69, 9.17) is 9.47 Å². The lowest BCUT2D eigenvalue weighted by Gasteiger charge is -2.20. The largest absolute Gasteiger partial charge is 0.463 e. The molecule has 0 saturated heterocycles. The molecule has 0 saturated carbocycles. The van der Waals surface area contributed by atoms with Crippen LogP contribution in [0.4, 0.5) is 4.79 Å². The number of carbonyl (C=O) groups excluding carboxylic acids is 2. The number of aromatic nitrogens is 2. The van der Waals surface area contributed by atoms with E-state index in [2.05, 4.69) is 4.98 Å². The molecule has 6 nitrogen and oxygen atoms in total. The molecular formula is C17H20N2O4. The predicted octanol–water partition coefficient (Wildman–Crippen LogP) is 3.40. The van der Waals surface area contributed by atoms with Crippen molar-refractivity contribution < 1.29 is 19.1 Å². The van der Waals surface area contributed by atoms with Gasteiger partial charge in [0.25, 0.3) is 0 Å². The van der Waals surface area contributed by atoms with Crippen LogP contribution in [0.15, 0.2) is 30.6 Å². The minimum Gasteiger partial charge on any atom is -0.463 e. The first-order valence-corrected chi connectivity index (χ1v) is 7.36. The maximum atomic E-state index is 12.3. The highest BCUT2D eigenvalue weighted by Gasteiger charge is 2.20. The quantitative estimate of drug-likeness (QED) is 0.641. The molecule has 0 amide bonds. The summed E-state index contributed by atoms with van der Waals surface area (Å²) >= 11 is 0. The fourth-order valence-corrected chi connectivity index (χ4v) is 2.04. The molecule has 2 rings (SSSR count). The van der Waals surface area contributed by atoms with Gasteiger partial charge in [-0.2, -0.15) is 0 Å². The highest BCUT2D eigenvalue weighted by molar-refractivity contribution is 5.95. The van der Waals surface area contributed by atoms with Crippen LogP contribution in [-0.4, -0.2) is 33.8 Å². The smallest absolute Gasteiger partial charge is 0.419 e. The first kappa shape index (κ1) is 16.7. The van der Waals surface area contributed by atoms with Gasteiger partial charge in [-0.1, -0.05) is 0 Å². The van der Waals surface area contributed by atoms with Gasteiger partial charge in [-0.05, 0) is 45.9 Å². The molecule has 0 unspecified atom stereocenters. The summed E-state index contributed by atoms with van der Waals surface area (Å²) in [4.78, 5) is 28.0. The van der Waals surface area contributed by atoms with E-state index in [1.54, 1.807) is 58.3 Å². The fourth-order valence-electron chi connectivity index (χ4n) is 2.04. The van der Waals surface area contributed by atoms with Gasteiger partial charge < -0.3 is 9.47 Å². The lowest BCUT2D eigenvalue weighted by molar-refractivity contribution is -0.137. The summed E-state index contributed by atoms with van der Waals surface area (Å²) in [6.07, 6.45) is 5.65. The van der Waals surface area contributed by atoms with Crippen LogP contribution in [0.5, 0.6) is 0 Å². The summed E-state index contributed by atoms with van der Waals surface area (Å²) < 4.78 is 11.6. The van der Waals surface area contributed by atoms with Crippen molar-refractivity contribution >= 4 is 29.2 Å². The Hall–Kier alpha value is -2.63. The number of pyridine rings is 1. The zero-order valence-corrected chi connectivity index (χ0v) is 13.7. The van der Waals surface area contributed by atoms with Crippen LogP contribution < -0.4 is 0 Å². The summed E-state index contributed by atoms with van der Waals surface area (Å²) in [5, 5.41) is 0. The Bertz CT molecular complexity index is 754. The second-order valence-corrected chi connectivity index (χ2v) is 5.89. The Kier molecular flexibility index (Phi) is 4.83. The van der Waals surface area contributed by atoms with Crippen molar-refractivity contribution in [3.05, 3.63) is 36.2 Å². The molecule has 0 bridgehead atoms. The third-order valence-corrected chi connectivity index (χ3v) is 2.88. The van der Waals surface area contributed by atoms with Crippen LogP contribution in [0.25, 0.3) is 17.1 Å². The summed E-state index contributed by atoms with van der Waals surface area (Å²) in [7, 11) is 0. The zero-order chi connectivity index (χ0) is 17.0. The molecule has 0 aromatic carbocycles. The van der Waals surface area contributed by atoms with Crippen molar-refractivity contribution in [1.29, 1.82) is 0 Å². The molecule has 23 heavy (non-hydrogen) atoms. The highest BCUT2D eigenvalue weighted by Crippen LogP contribution is 2.21. The fraction of sp³-hybridized carbons (Fsp3) is 0.353. The molecular weight excluding hydrogens is 296 g/mol. The molecule has 2 aromatic heterocycles. The van der Waals surface area contributed by atoms with Crippen LogP contribution >= 0.6 is 0 Å². The average Bonchev–Trinajstić information content (AvgIpc) is 2.88. The van der Waals surface area contributed by atoms with Crippen LogP contribution in [-0.2, 0) is 14.3 Å². The van der Waals surface area contributed by atoms with Gasteiger partial charge in [0.2, 0.25) is 0 Å². The normalized spacial score (nSPS) is 11.8. The summed E-state index contributed by atoms with van der Waals surface area (Å²) in [6.45, 7) is 7.45. The SMILES string of the molecule is CCOC(=O)C=Cc1ccnc2ccn(C(=O)OC(C)(C)C)c12. The molecule has 6 heteroatoms. The van der Waals surface area contributed by atoms with Crippen LogP contribution in [0.1, 0.15) is 33.3 Å². The summed E-state index contributed by atoms with van der Waals surface area (Å²) in [5.74, 6) is -0.437. The topological polar surface area (TPSA) is 70.4 Å². The molecule has 2 heterocycles. The van der Waals surface area contributed by atoms with Gasteiger partial charge in [0, 0.05) is 24.0 Å². The first-order chi connectivity index (χ1) is 10.8. The zero-order valence-electron chi connectivity index (χ0n) is 13.7. The van der Waals surface area contributed by atoms with E-state index in [1.807, 2.05) is 0 Å². The molecule has 0 atom stereocenters. The average molecular weight is 316 g/mol. The Morgan fingerprint density at radius 1 is 1.30 bits per heavy atom. The molecule has 0 fully saturated rings. The minimum atomic E-state index is -0.600. The maximum absolute atomic E-state index is 12.3. The van der Waals surface area contributed by atoms with Gasteiger partial charge in [-0.25, -0.2) is 9.59 Å². The van der Waals surface area contributed by atoms with Crippen LogP contribution in [0.3, 0.4) is 0 Å². The lowest BCUT2D eigenvalue weighted by atomic mass is 10.2. The standard InChI is InChI=1S/C17H20N2O4/c1-5-22-14(20)7-6-12-8-10-18-13-9-11-19(15(12)13)16(21)23-17(2,3)4/h6-11H,5H2,1-4H3. The second-order valence-electron chi connectivity index (χ2n) is 5.89. The van der Waals surface area contributed by atoms with Gasteiger partial charge in [0.1, 0.15) is 5.60 Å². The Morgan fingerprint density at radius 3 is 2.70 bits per heavy atom. The number of hydrogen-bond donors (Lipinski definition) is 0. The Morgan fingerprint density at radius 2 is 2.04 bits per heavy atom. The van der Waals surface area contributed by atoms with Crippen LogP contribution in [0, 0.1) is 0 Å². The van der Waals surface area contributed by atoms with E-state index < -0.39 is 17.7 Å². The van der Waals surface area contributed by atoms with Gasteiger partial charge in [-0.3, -0.25) is 9.55 Å². The molecule has 0 N–H and O–H groups in total. The molecule has 0 aliphatic rings. The monoisotopic (exact) mass is 316 g/mol. The molecule has 0 radical (unpaired) electrons. The van der Waals surface area contributed by atoms with Crippen LogP contribution in [0.2, 0.25) is 0 Å². The number of ether oxygens (including phenoxy) is 2. The van der Waals surface area contributed by atoms with E-state index in [0.717, 1.165) is 0 Å². The Labute approximate surface area is 134 Å². The van der Waals surface area contributed by atoms with Crippen molar-refractivity contribution in [1.82, 2.24) is 9.55 Å². The first-order valence-electron chi connectivity index (χ1n) is 7.36. The summed E-state index contributed by atoms with van der Waals surface area (Å²) in [5.41, 5.74) is 1.31. The number of rotatable bonds is 3. The Balaban J connectivity index is 2.41. The van der Waals surface area contributed by atoms with E-state index >= 15 is 0 Å². The lowest BCUT2D eigenvalue weighted by Crippen LogP contribution is -2.26. The number of hydrogen-bond acceptors (Lipinski definition) is 5. The van der Waals surface area contributed by atoms with Gasteiger partial charge in [0.05, 0.1) is 17.6 Å². The second kappa shape index (κ2) is 6.64. The number of nitrogens with zero attached hydrogens (tertiary/aromatic N) is 2. The third kappa shape index (κ3) is 4.18. The van der Waals surface area contributed by atoms with Gasteiger partial charge in [0.15, 0.2) is 0 Å². The van der Waals surface area contributed by atoms with Gasteiger partial charge in [-0.15, -0.1) is 0 Å². The number of esters is 1. The van der Waals surface area contributed by atoms with E-state index in [1.165, 1.54) is 10.6 Å². The number of fused-ring (bicyclic) bond motifs is 1. The minimum absolute atomic E-state index is 0.309. The molecule has 0 aliphatic carbocycles. The summed E-state index contributed by atoms with van der Waals surface area (Å²) in [6, 6.07) is 3.44. The van der Waals surface area contributed by atoms with Gasteiger partial charge >= 0.3 is 12.1 Å². The van der Waals surface area contributed by atoms with Crippen molar-refractivity contribution in [2.75, 3.05) is 6.61 Å². The van der Waals surface area contributed by atoms with Crippen molar-refractivity contribution in [3.8, 4) is 0 Å². The molecule has 0 spiro atoms. The maximum Gasteiger partial charge on any atom is 0.419 e. The van der Waals surface area contributed by atoms with Crippen molar-refractivity contribution in [2.24, 2.45) is 0 Å². The highest BCUT2D eigenvalue weighted by atomic mass is 16.6. The van der Waals surface area contributed by atoms with Crippen molar-refractivity contribution in [2.45, 2.75) is 33.3 Å². The van der Waals surface area contributed by atoms with E-state index in [-0.39, 0.29) is 0 Å². The molecule has 2 aromatic rings. The van der Waals surface area contributed by atoms with E-state index in [9.17, 15) is 9.59 Å².